The third-order valence-corrected chi connectivity index (χ3v) is 4.49. The van der Waals surface area contributed by atoms with Crippen molar-refractivity contribution in [3.8, 4) is 5.75 Å². The number of carbonyl (C=O) groups excluding carboxylic acids is 1. The monoisotopic (exact) mass is 392 g/mol. The second kappa shape index (κ2) is 8.58. The largest absolute Gasteiger partial charge is 0.488 e. The van der Waals surface area contributed by atoms with Crippen molar-refractivity contribution in [2.75, 3.05) is 0 Å². The molecule has 0 radical (unpaired) electrons. The molecule has 0 amide bonds. The number of aliphatic hydroxyl groups is 1. The second-order valence-corrected chi connectivity index (χ2v) is 6.90. The van der Waals surface area contributed by atoms with E-state index < -0.39 is 18.2 Å². The number of hydrogen-bond donors (Lipinski definition) is 1. The SMILES string of the molecule is O=C1CC(O)CC(C=Cc2c(Cl)cc(Cl)cc2OCc2ccccc2)O1. The second-order valence-electron chi connectivity index (χ2n) is 6.05. The van der Waals surface area contributed by atoms with Gasteiger partial charge in [0.05, 0.1) is 17.5 Å². The average Bonchev–Trinajstić information content (AvgIpc) is 2.59. The minimum atomic E-state index is -0.694. The first-order valence-electron chi connectivity index (χ1n) is 8.23. The summed E-state index contributed by atoms with van der Waals surface area (Å²) in [5, 5.41) is 10.6. The summed E-state index contributed by atoms with van der Waals surface area (Å²) in [6, 6.07) is 13.1. The van der Waals surface area contributed by atoms with E-state index in [4.69, 9.17) is 32.7 Å². The number of aliphatic hydroxyl groups excluding tert-OH is 1. The molecule has 2 aromatic rings. The molecule has 0 bridgehead atoms. The van der Waals surface area contributed by atoms with Crippen molar-refractivity contribution in [2.24, 2.45) is 0 Å². The van der Waals surface area contributed by atoms with Crippen molar-refractivity contribution in [3.63, 3.8) is 0 Å². The molecule has 1 aliphatic rings. The Morgan fingerprint density at radius 3 is 2.73 bits per heavy atom. The van der Waals surface area contributed by atoms with E-state index in [0.29, 0.717) is 34.4 Å². The van der Waals surface area contributed by atoms with Gasteiger partial charge in [0.25, 0.3) is 0 Å². The van der Waals surface area contributed by atoms with Crippen molar-refractivity contribution >= 4 is 35.2 Å². The third kappa shape index (κ3) is 5.01. The molecular formula is C20H18Cl2O4. The Labute approximate surface area is 162 Å². The average molecular weight is 393 g/mol. The topological polar surface area (TPSA) is 55.8 Å². The molecule has 26 heavy (non-hydrogen) atoms. The maximum atomic E-state index is 11.4. The zero-order valence-corrected chi connectivity index (χ0v) is 15.4. The fourth-order valence-electron chi connectivity index (χ4n) is 2.71. The summed E-state index contributed by atoms with van der Waals surface area (Å²) in [6.45, 7) is 0.371. The molecule has 0 saturated carbocycles. The van der Waals surface area contributed by atoms with E-state index in [1.54, 1.807) is 24.3 Å². The lowest BCUT2D eigenvalue weighted by Crippen LogP contribution is -2.31. The van der Waals surface area contributed by atoms with Crippen LogP contribution in [0.1, 0.15) is 24.0 Å². The molecular weight excluding hydrogens is 375 g/mol. The van der Waals surface area contributed by atoms with Gasteiger partial charge in [-0.05, 0) is 23.8 Å². The van der Waals surface area contributed by atoms with Gasteiger partial charge < -0.3 is 14.6 Å². The Bertz CT molecular complexity index is 805. The first kappa shape index (κ1) is 18.8. The number of cyclic esters (lactones) is 1. The summed E-state index contributed by atoms with van der Waals surface area (Å²) >= 11 is 12.4. The van der Waals surface area contributed by atoms with Crippen LogP contribution >= 0.6 is 23.2 Å². The first-order chi connectivity index (χ1) is 12.5. The number of ether oxygens (including phenoxy) is 2. The van der Waals surface area contributed by atoms with Crippen LogP contribution < -0.4 is 4.74 Å². The lowest BCUT2D eigenvalue weighted by Gasteiger charge is -2.23. The van der Waals surface area contributed by atoms with Crippen molar-refractivity contribution in [3.05, 3.63) is 69.7 Å². The molecule has 1 N–H and O–H groups in total. The van der Waals surface area contributed by atoms with Gasteiger partial charge in [-0.1, -0.05) is 59.6 Å². The van der Waals surface area contributed by atoms with Crippen LogP contribution in [0.3, 0.4) is 0 Å². The number of carbonyl (C=O) groups is 1. The van der Waals surface area contributed by atoms with Gasteiger partial charge in [0, 0.05) is 17.0 Å². The molecule has 2 aromatic carbocycles. The summed E-state index contributed by atoms with van der Waals surface area (Å²) in [7, 11) is 0. The van der Waals surface area contributed by atoms with E-state index in [2.05, 4.69) is 0 Å². The van der Waals surface area contributed by atoms with E-state index >= 15 is 0 Å². The van der Waals surface area contributed by atoms with Crippen LogP contribution in [-0.2, 0) is 16.1 Å². The predicted molar refractivity (Wildman–Crippen MR) is 101 cm³/mol. The summed E-state index contributed by atoms with van der Waals surface area (Å²) in [5.41, 5.74) is 1.66. The molecule has 1 aliphatic heterocycles. The Balaban J connectivity index is 1.79. The quantitative estimate of drug-likeness (QED) is 0.752. The number of hydrogen-bond acceptors (Lipinski definition) is 4. The minimum Gasteiger partial charge on any atom is -0.488 e. The van der Waals surface area contributed by atoms with Crippen LogP contribution in [0, 0.1) is 0 Å². The Kier molecular flexibility index (Phi) is 6.20. The number of esters is 1. The van der Waals surface area contributed by atoms with E-state index in [1.165, 1.54) is 0 Å². The predicted octanol–water partition coefficient (Wildman–Crippen LogP) is 4.65. The summed E-state index contributed by atoms with van der Waals surface area (Å²) < 4.78 is 11.1. The van der Waals surface area contributed by atoms with Gasteiger partial charge in [0.15, 0.2) is 0 Å². The molecule has 2 unspecified atom stereocenters. The molecule has 136 valence electrons. The highest BCUT2D eigenvalue weighted by atomic mass is 35.5. The maximum absolute atomic E-state index is 11.4. The van der Waals surface area contributed by atoms with Gasteiger partial charge >= 0.3 is 5.97 Å². The zero-order valence-electron chi connectivity index (χ0n) is 13.9. The summed E-state index contributed by atoms with van der Waals surface area (Å²) in [5.74, 6) is 0.117. The molecule has 1 saturated heterocycles. The van der Waals surface area contributed by atoms with Gasteiger partial charge in [-0.2, -0.15) is 0 Å². The van der Waals surface area contributed by atoms with Crippen molar-refractivity contribution in [1.82, 2.24) is 0 Å². The first-order valence-corrected chi connectivity index (χ1v) is 8.98. The highest BCUT2D eigenvalue weighted by molar-refractivity contribution is 6.35. The Morgan fingerprint density at radius 2 is 2.00 bits per heavy atom. The normalized spacial score (nSPS) is 20.2. The van der Waals surface area contributed by atoms with Crippen LogP contribution in [0.5, 0.6) is 5.75 Å². The van der Waals surface area contributed by atoms with E-state index in [1.807, 2.05) is 30.3 Å². The third-order valence-electron chi connectivity index (χ3n) is 3.96. The molecule has 4 nitrogen and oxygen atoms in total. The van der Waals surface area contributed by atoms with Gasteiger partial charge in [0.2, 0.25) is 0 Å². The van der Waals surface area contributed by atoms with Gasteiger partial charge in [-0.25, -0.2) is 0 Å². The smallest absolute Gasteiger partial charge is 0.309 e. The minimum absolute atomic E-state index is 0.0253. The number of rotatable bonds is 5. The van der Waals surface area contributed by atoms with Gasteiger partial charge in [-0.3, -0.25) is 4.79 Å². The van der Waals surface area contributed by atoms with Crippen LogP contribution in [0.2, 0.25) is 10.0 Å². The highest BCUT2D eigenvalue weighted by Crippen LogP contribution is 2.33. The molecule has 3 rings (SSSR count). The van der Waals surface area contributed by atoms with Crippen molar-refractivity contribution < 1.29 is 19.4 Å². The summed E-state index contributed by atoms with van der Waals surface area (Å²) in [4.78, 5) is 11.4. The van der Waals surface area contributed by atoms with Crippen molar-refractivity contribution in [1.29, 1.82) is 0 Å². The van der Waals surface area contributed by atoms with Gasteiger partial charge in [-0.15, -0.1) is 0 Å². The molecule has 0 aliphatic carbocycles. The van der Waals surface area contributed by atoms with E-state index in [-0.39, 0.29) is 6.42 Å². The zero-order chi connectivity index (χ0) is 18.5. The molecule has 1 heterocycles. The molecule has 0 spiro atoms. The number of halogens is 2. The fourth-order valence-corrected chi connectivity index (χ4v) is 3.25. The molecule has 6 heteroatoms. The number of benzene rings is 2. The van der Waals surface area contributed by atoms with Crippen LogP contribution in [0.25, 0.3) is 6.08 Å². The lowest BCUT2D eigenvalue weighted by molar-refractivity contribution is -0.156. The van der Waals surface area contributed by atoms with E-state index in [0.717, 1.165) is 5.56 Å². The van der Waals surface area contributed by atoms with Gasteiger partial charge in [0.1, 0.15) is 18.5 Å². The summed E-state index contributed by atoms with van der Waals surface area (Å²) in [6.07, 6.45) is 2.62. The Hall–Kier alpha value is -2.01. The molecule has 1 fully saturated rings. The van der Waals surface area contributed by atoms with Crippen molar-refractivity contribution in [2.45, 2.75) is 31.7 Å². The Morgan fingerprint density at radius 1 is 1.23 bits per heavy atom. The molecule has 2 atom stereocenters. The maximum Gasteiger partial charge on any atom is 0.309 e. The molecule has 0 aromatic heterocycles. The lowest BCUT2D eigenvalue weighted by atomic mass is 10.0. The van der Waals surface area contributed by atoms with E-state index in [9.17, 15) is 9.90 Å². The van der Waals surface area contributed by atoms with Crippen LogP contribution in [0.4, 0.5) is 0 Å². The standard InChI is InChI=1S/C20H18Cl2O4/c21-14-8-18(22)17(7-6-16-10-15(23)11-20(24)26-16)19(9-14)25-12-13-4-2-1-3-5-13/h1-9,15-16,23H,10-12H2. The highest BCUT2D eigenvalue weighted by Gasteiger charge is 2.25. The van der Waals surface area contributed by atoms with Crippen LogP contribution in [0.15, 0.2) is 48.5 Å². The fraction of sp³-hybridized carbons (Fsp3) is 0.250. The van der Waals surface area contributed by atoms with Crippen LogP contribution in [-0.4, -0.2) is 23.3 Å².